The van der Waals surface area contributed by atoms with Crippen molar-refractivity contribution in [2.45, 2.75) is 19.4 Å². The predicted molar refractivity (Wildman–Crippen MR) is 107 cm³/mol. The molecule has 1 aliphatic heterocycles. The number of carbonyl (C=O) groups is 2. The molecular formula is C22H27N3O2. The van der Waals surface area contributed by atoms with E-state index in [2.05, 4.69) is 17.4 Å². The number of anilines is 1. The fourth-order valence-corrected chi connectivity index (χ4v) is 3.32. The van der Waals surface area contributed by atoms with E-state index >= 15 is 0 Å². The van der Waals surface area contributed by atoms with Gasteiger partial charge in [0.15, 0.2) is 0 Å². The maximum absolute atomic E-state index is 12.5. The molecule has 1 aliphatic rings. The summed E-state index contributed by atoms with van der Waals surface area (Å²) >= 11 is 0. The molecule has 0 aliphatic carbocycles. The van der Waals surface area contributed by atoms with E-state index in [9.17, 15) is 9.59 Å². The first-order valence-electron chi connectivity index (χ1n) is 9.38. The molecule has 1 unspecified atom stereocenters. The average Bonchev–Trinajstić information content (AvgIpc) is 3.06. The maximum Gasteiger partial charge on any atom is 0.225 e. The number of hydrogen-bond acceptors (Lipinski definition) is 3. The number of rotatable bonds is 7. The summed E-state index contributed by atoms with van der Waals surface area (Å²) in [5.41, 5.74) is 3.39. The maximum atomic E-state index is 12.5. The summed E-state index contributed by atoms with van der Waals surface area (Å²) in [5, 5.41) is 2.97. The lowest BCUT2D eigenvalue weighted by Crippen LogP contribution is -2.33. The van der Waals surface area contributed by atoms with Gasteiger partial charge in [0, 0.05) is 45.8 Å². The Labute approximate surface area is 161 Å². The van der Waals surface area contributed by atoms with Crippen LogP contribution in [0.1, 0.15) is 17.5 Å². The molecular weight excluding hydrogens is 338 g/mol. The van der Waals surface area contributed by atoms with Gasteiger partial charge >= 0.3 is 0 Å². The van der Waals surface area contributed by atoms with Crippen molar-refractivity contribution in [2.24, 2.45) is 5.92 Å². The molecule has 5 heteroatoms. The third-order valence-corrected chi connectivity index (χ3v) is 5.02. The highest BCUT2D eigenvalue weighted by molar-refractivity contribution is 5.89. The van der Waals surface area contributed by atoms with Gasteiger partial charge in [-0.3, -0.25) is 9.59 Å². The molecule has 1 heterocycles. The molecule has 27 heavy (non-hydrogen) atoms. The number of nitrogens with one attached hydrogen (secondary N) is 1. The third-order valence-electron chi connectivity index (χ3n) is 5.02. The summed E-state index contributed by atoms with van der Waals surface area (Å²) in [4.78, 5) is 28.5. The second-order valence-electron chi connectivity index (χ2n) is 7.26. The summed E-state index contributed by atoms with van der Waals surface area (Å²) in [6.07, 6.45) is 1.12. The molecule has 3 rings (SSSR count). The summed E-state index contributed by atoms with van der Waals surface area (Å²) in [6, 6.07) is 18.2. The Hall–Kier alpha value is -2.82. The number of benzene rings is 2. The van der Waals surface area contributed by atoms with E-state index < -0.39 is 0 Å². The second-order valence-corrected chi connectivity index (χ2v) is 7.26. The van der Waals surface area contributed by atoms with Crippen LogP contribution < -0.4 is 10.2 Å². The zero-order valence-corrected chi connectivity index (χ0v) is 16.0. The molecule has 0 spiro atoms. The second kappa shape index (κ2) is 8.71. The molecule has 2 aromatic carbocycles. The Morgan fingerprint density at radius 1 is 1.07 bits per heavy atom. The number of likely N-dealkylation sites (tertiary alicyclic amines) is 1. The standard InChI is InChI=1S/C22H27N3O2/c1-24(2)20-10-8-18(9-11-20)15-23-22(27)19-14-21(26)25(16-19)13-12-17-6-4-3-5-7-17/h3-11,19H,12-16H2,1-2H3,(H,23,27). The monoisotopic (exact) mass is 365 g/mol. The highest BCUT2D eigenvalue weighted by atomic mass is 16.2. The van der Waals surface area contributed by atoms with E-state index in [1.165, 1.54) is 5.56 Å². The van der Waals surface area contributed by atoms with Gasteiger partial charge in [-0.25, -0.2) is 0 Å². The van der Waals surface area contributed by atoms with Crippen LogP contribution in [0.5, 0.6) is 0 Å². The lowest BCUT2D eigenvalue weighted by molar-refractivity contribution is -0.129. The van der Waals surface area contributed by atoms with Crippen LogP contribution in [0, 0.1) is 5.92 Å². The Morgan fingerprint density at radius 3 is 2.44 bits per heavy atom. The summed E-state index contributed by atoms with van der Waals surface area (Å²) in [6.45, 7) is 1.66. The lowest BCUT2D eigenvalue weighted by atomic mass is 10.1. The van der Waals surface area contributed by atoms with E-state index in [1.54, 1.807) is 0 Å². The average molecular weight is 365 g/mol. The van der Waals surface area contributed by atoms with E-state index in [0.29, 0.717) is 26.1 Å². The third kappa shape index (κ3) is 5.09. The molecule has 0 bridgehead atoms. The van der Waals surface area contributed by atoms with Crippen molar-refractivity contribution in [2.75, 3.05) is 32.1 Å². The first-order chi connectivity index (χ1) is 13.0. The molecule has 142 valence electrons. The van der Waals surface area contributed by atoms with Crippen LogP contribution in [0.2, 0.25) is 0 Å². The van der Waals surface area contributed by atoms with Crippen LogP contribution in [-0.2, 0) is 22.6 Å². The van der Waals surface area contributed by atoms with Crippen molar-refractivity contribution in [3.8, 4) is 0 Å². The largest absolute Gasteiger partial charge is 0.378 e. The van der Waals surface area contributed by atoms with Gasteiger partial charge in [0.05, 0.1) is 5.92 Å². The van der Waals surface area contributed by atoms with Crippen molar-refractivity contribution in [3.63, 3.8) is 0 Å². The highest BCUT2D eigenvalue weighted by Crippen LogP contribution is 2.19. The minimum Gasteiger partial charge on any atom is -0.378 e. The number of amides is 2. The minimum atomic E-state index is -0.255. The molecule has 2 aromatic rings. The molecule has 2 amide bonds. The van der Waals surface area contributed by atoms with E-state index in [0.717, 1.165) is 17.7 Å². The Kier molecular flexibility index (Phi) is 6.12. The molecule has 1 fully saturated rings. The number of hydrogen-bond donors (Lipinski definition) is 1. The smallest absolute Gasteiger partial charge is 0.225 e. The zero-order chi connectivity index (χ0) is 19.2. The van der Waals surface area contributed by atoms with Crippen molar-refractivity contribution < 1.29 is 9.59 Å². The van der Waals surface area contributed by atoms with Crippen LogP contribution in [0.25, 0.3) is 0 Å². The summed E-state index contributed by atoms with van der Waals surface area (Å²) in [7, 11) is 3.99. The van der Waals surface area contributed by atoms with Gasteiger partial charge in [-0.05, 0) is 29.7 Å². The fourth-order valence-electron chi connectivity index (χ4n) is 3.32. The minimum absolute atomic E-state index is 0.0396. The van der Waals surface area contributed by atoms with Gasteiger partial charge in [-0.15, -0.1) is 0 Å². The van der Waals surface area contributed by atoms with Crippen LogP contribution in [0.3, 0.4) is 0 Å². The van der Waals surface area contributed by atoms with E-state index in [1.807, 2.05) is 66.4 Å². The molecule has 1 atom stereocenters. The Balaban J connectivity index is 1.47. The quantitative estimate of drug-likeness (QED) is 0.820. The molecule has 1 saturated heterocycles. The number of carbonyl (C=O) groups excluding carboxylic acids is 2. The molecule has 0 saturated carbocycles. The molecule has 0 radical (unpaired) electrons. The van der Waals surface area contributed by atoms with Crippen molar-refractivity contribution >= 4 is 17.5 Å². The van der Waals surface area contributed by atoms with Gasteiger partial charge in [0.2, 0.25) is 11.8 Å². The van der Waals surface area contributed by atoms with Gasteiger partial charge in [-0.2, -0.15) is 0 Å². The number of nitrogens with zero attached hydrogens (tertiary/aromatic N) is 2. The highest BCUT2D eigenvalue weighted by Gasteiger charge is 2.33. The normalized spacial score (nSPS) is 16.4. The van der Waals surface area contributed by atoms with Crippen molar-refractivity contribution in [3.05, 3.63) is 65.7 Å². The molecule has 5 nitrogen and oxygen atoms in total. The summed E-state index contributed by atoms with van der Waals surface area (Å²) in [5.74, 6) is -0.224. The van der Waals surface area contributed by atoms with Crippen molar-refractivity contribution in [1.82, 2.24) is 10.2 Å². The van der Waals surface area contributed by atoms with Crippen molar-refractivity contribution in [1.29, 1.82) is 0 Å². The van der Waals surface area contributed by atoms with Gasteiger partial charge in [0.25, 0.3) is 0 Å². The van der Waals surface area contributed by atoms with Gasteiger partial charge in [-0.1, -0.05) is 42.5 Å². The van der Waals surface area contributed by atoms with Crippen LogP contribution in [0.4, 0.5) is 5.69 Å². The van der Waals surface area contributed by atoms with Crippen LogP contribution in [0.15, 0.2) is 54.6 Å². The fraction of sp³-hybridized carbons (Fsp3) is 0.364. The lowest BCUT2D eigenvalue weighted by Gasteiger charge is -2.17. The van der Waals surface area contributed by atoms with Gasteiger partial charge in [0.1, 0.15) is 0 Å². The van der Waals surface area contributed by atoms with E-state index in [-0.39, 0.29) is 17.7 Å². The Bertz CT molecular complexity index is 772. The summed E-state index contributed by atoms with van der Waals surface area (Å²) < 4.78 is 0. The zero-order valence-electron chi connectivity index (χ0n) is 16.0. The SMILES string of the molecule is CN(C)c1ccc(CNC(=O)C2CC(=O)N(CCc3ccccc3)C2)cc1. The molecule has 0 aromatic heterocycles. The first kappa shape index (κ1) is 19.0. The Morgan fingerprint density at radius 2 is 1.78 bits per heavy atom. The van der Waals surface area contributed by atoms with E-state index in [4.69, 9.17) is 0 Å². The first-order valence-corrected chi connectivity index (χ1v) is 9.38. The predicted octanol–water partition coefficient (Wildman–Crippen LogP) is 2.46. The van der Waals surface area contributed by atoms with Gasteiger partial charge < -0.3 is 15.1 Å². The van der Waals surface area contributed by atoms with Crippen LogP contribution >= 0.6 is 0 Å². The molecule has 1 N–H and O–H groups in total. The topological polar surface area (TPSA) is 52.7 Å². The van der Waals surface area contributed by atoms with Crippen LogP contribution in [-0.4, -0.2) is 43.9 Å².